The minimum Gasteiger partial charge on any atom is -0.359 e. The van der Waals surface area contributed by atoms with Gasteiger partial charge in [0.15, 0.2) is 6.10 Å². The Balaban J connectivity index is 2.55. The number of benzene rings is 2. The first kappa shape index (κ1) is 10.7. The van der Waals surface area contributed by atoms with Gasteiger partial charge in [-0.25, -0.2) is 0 Å². The third-order valence-corrected chi connectivity index (χ3v) is 2.56. The van der Waals surface area contributed by atoms with E-state index in [2.05, 4.69) is 6.07 Å². The molecule has 2 aromatic carbocycles. The molecule has 1 atom stereocenters. The molecule has 1 unspecified atom stereocenters. The van der Waals surface area contributed by atoms with Crippen LogP contribution in [0, 0.1) is 11.3 Å². The molecule has 0 fully saturated rings. The van der Waals surface area contributed by atoms with E-state index in [0.29, 0.717) is 6.61 Å². The van der Waals surface area contributed by atoms with Gasteiger partial charge in [0, 0.05) is 12.2 Å². The van der Waals surface area contributed by atoms with Crippen LogP contribution in [0.1, 0.15) is 18.6 Å². The molecule has 2 rings (SSSR count). The molecule has 0 aliphatic rings. The van der Waals surface area contributed by atoms with Gasteiger partial charge in [0.25, 0.3) is 0 Å². The van der Waals surface area contributed by atoms with E-state index in [4.69, 9.17) is 10.00 Å². The molecule has 0 N–H and O–H groups in total. The fraction of sp³-hybridized carbons (Fsp3) is 0.214. The van der Waals surface area contributed by atoms with Gasteiger partial charge in [0.05, 0.1) is 6.07 Å². The van der Waals surface area contributed by atoms with Crippen molar-refractivity contribution in [1.82, 2.24) is 0 Å². The molecule has 0 radical (unpaired) electrons. The third kappa shape index (κ3) is 1.91. The van der Waals surface area contributed by atoms with Crippen LogP contribution in [-0.4, -0.2) is 6.61 Å². The molecule has 0 spiro atoms. The molecule has 0 saturated carbocycles. The monoisotopic (exact) mass is 211 g/mol. The lowest BCUT2D eigenvalue weighted by atomic mass is 10.0. The van der Waals surface area contributed by atoms with E-state index in [1.807, 2.05) is 49.4 Å². The van der Waals surface area contributed by atoms with Gasteiger partial charge < -0.3 is 4.74 Å². The first-order valence-electron chi connectivity index (χ1n) is 5.35. The van der Waals surface area contributed by atoms with Crippen LogP contribution in [0.25, 0.3) is 10.8 Å². The molecule has 0 aromatic heterocycles. The van der Waals surface area contributed by atoms with Crippen molar-refractivity contribution in [1.29, 1.82) is 5.26 Å². The van der Waals surface area contributed by atoms with Crippen molar-refractivity contribution in [2.45, 2.75) is 13.0 Å². The maximum absolute atomic E-state index is 9.10. The van der Waals surface area contributed by atoms with Crippen molar-refractivity contribution in [3.05, 3.63) is 48.0 Å². The predicted octanol–water partition coefficient (Wildman–Crippen LogP) is 3.44. The van der Waals surface area contributed by atoms with Gasteiger partial charge in [-0.1, -0.05) is 42.5 Å². The van der Waals surface area contributed by atoms with Crippen molar-refractivity contribution in [2.75, 3.05) is 6.61 Å². The fourth-order valence-electron chi connectivity index (χ4n) is 1.84. The topological polar surface area (TPSA) is 33.0 Å². The molecule has 2 heteroatoms. The number of nitriles is 1. The summed E-state index contributed by atoms with van der Waals surface area (Å²) in [5.41, 5.74) is 0.947. The normalized spacial score (nSPS) is 12.2. The Bertz CT molecular complexity index is 522. The summed E-state index contributed by atoms with van der Waals surface area (Å²) in [4.78, 5) is 0. The van der Waals surface area contributed by atoms with Crippen LogP contribution >= 0.6 is 0 Å². The van der Waals surface area contributed by atoms with Gasteiger partial charge in [0.1, 0.15) is 0 Å². The average Bonchev–Trinajstić information content (AvgIpc) is 2.35. The minimum absolute atomic E-state index is 0.476. The predicted molar refractivity (Wildman–Crippen MR) is 63.9 cm³/mol. The Labute approximate surface area is 95.1 Å². The Kier molecular flexibility index (Phi) is 3.19. The quantitative estimate of drug-likeness (QED) is 0.779. The molecule has 0 saturated heterocycles. The number of hydrogen-bond donors (Lipinski definition) is 0. The van der Waals surface area contributed by atoms with Gasteiger partial charge in [-0.05, 0) is 17.7 Å². The van der Waals surface area contributed by atoms with Crippen molar-refractivity contribution in [3.8, 4) is 6.07 Å². The summed E-state index contributed by atoms with van der Waals surface area (Å²) < 4.78 is 5.42. The summed E-state index contributed by atoms with van der Waals surface area (Å²) >= 11 is 0. The molecular weight excluding hydrogens is 198 g/mol. The highest BCUT2D eigenvalue weighted by atomic mass is 16.5. The summed E-state index contributed by atoms with van der Waals surface area (Å²) in [5.74, 6) is 0. The standard InChI is InChI=1S/C14H13NO/c1-2-16-14(10-15)13-9-5-7-11-6-3-4-8-12(11)13/h3-9,14H,2H2,1H3. The third-order valence-electron chi connectivity index (χ3n) is 2.56. The number of hydrogen-bond acceptors (Lipinski definition) is 2. The van der Waals surface area contributed by atoms with Crippen molar-refractivity contribution >= 4 is 10.8 Å². The summed E-state index contributed by atoms with van der Waals surface area (Å²) in [6.07, 6.45) is -0.476. The lowest BCUT2D eigenvalue weighted by molar-refractivity contribution is 0.103. The van der Waals surface area contributed by atoms with Crippen LogP contribution in [-0.2, 0) is 4.74 Å². The van der Waals surface area contributed by atoms with Crippen molar-refractivity contribution in [2.24, 2.45) is 0 Å². The Morgan fingerprint density at radius 2 is 1.94 bits per heavy atom. The molecule has 80 valence electrons. The average molecular weight is 211 g/mol. The van der Waals surface area contributed by atoms with E-state index in [0.717, 1.165) is 16.3 Å². The summed E-state index contributed by atoms with van der Waals surface area (Å²) in [6.45, 7) is 2.44. The SMILES string of the molecule is CCOC(C#N)c1cccc2ccccc12. The van der Waals surface area contributed by atoms with Gasteiger partial charge in [-0.2, -0.15) is 5.26 Å². The highest BCUT2D eigenvalue weighted by Crippen LogP contribution is 2.25. The van der Waals surface area contributed by atoms with E-state index in [9.17, 15) is 0 Å². The van der Waals surface area contributed by atoms with Crippen LogP contribution in [0.3, 0.4) is 0 Å². The lowest BCUT2D eigenvalue weighted by Gasteiger charge is -2.12. The van der Waals surface area contributed by atoms with Crippen LogP contribution in [0.5, 0.6) is 0 Å². The van der Waals surface area contributed by atoms with E-state index >= 15 is 0 Å². The summed E-state index contributed by atoms with van der Waals surface area (Å²) in [5, 5.41) is 11.3. The van der Waals surface area contributed by atoms with E-state index < -0.39 is 6.10 Å². The summed E-state index contributed by atoms with van der Waals surface area (Å²) in [7, 11) is 0. The first-order chi connectivity index (χ1) is 7.86. The Morgan fingerprint density at radius 1 is 1.19 bits per heavy atom. The molecule has 0 aliphatic carbocycles. The summed E-state index contributed by atoms with van der Waals surface area (Å²) in [6, 6.07) is 16.2. The Hall–Kier alpha value is -1.85. The molecular formula is C14H13NO. The second kappa shape index (κ2) is 4.78. The molecule has 0 amide bonds. The lowest BCUT2D eigenvalue weighted by Crippen LogP contribution is -2.02. The second-order valence-electron chi connectivity index (χ2n) is 3.53. The van der Waals surface area contributed by atoms with Gasteiger partial charge in [-0.15, -0.1) is 0 Å². The largest absolute Gasteiger partial charge is 0.359 e. The van der Waals surface area contributed by atoms with Crippen LogP contribution in [0.2, 0.25) is 0 Å². The van der Waals surface area contributed by atoms with Gasteiger partial charge in [0.2, 0.25) is 0 Å². The fourth-order valence-corrected chi connectivity index (χ4v) is 1.84. The second-order valence-corrected chi connectivity index (χ2v) is 3.53. The Morgan fingerprint density at radius 3 is 2.69 bits per heavy atom. The maximum atomic E-state index is 9.10. The molecule has 2 nitrogen and oxygen atoms in total. The first-order valence-corrected chi connectivity index (χ1v) is 5.35. The molecule has 0 aliphatic heterocycles. The van der Waals surface area contributed by atoms with E-state index in [-0.39, 0.29) is 0 Å². The molecule has 16 heavy (non-hydrogen) atoms. The highest BCUT2D eigenvalue weighted by Gasteiger charge is 2.12. The zero-order valence-corrected chi connectivity index (χ0v) is 9.18. The minimum atomic E-state index is -0.476. The van der Waals surface area contributed by atoms with Crippen molar-refractivity contribution in [3.63, 3.8) is 0 Å². The zero-order valence-electron chi connectivity index (χ0n) is 9.18. The smallest absolute Gasteiger partial charge is 0.169 e. The van der Waals surface area contributed by atoms with E-state index in [1.165, 1.54) is 0 Å². The van der Waals surface area contributed by atoms with Crippen LogP contribution in [0.15, 0.2) is 42.5 Å². The maximum Gasteiger partial charge on any atom is 0.169 e. The number of ether oxygens (including phenoxy) is 1. The zero-order chi connectivity index (χ0) is 11.4. The molecule has 0 bridgehead atoms. The number of fused-ring (bicyclic) bond motifs is 1. The highest BCUT2D eigenvalue weighted by molar-refractivity contribution is 5.86. The molecule has 0 heterocycles. The van der Waals surface area contributed by atoms with Gasteiger partial charge in [-0.3, -0.25) is 0 Å². The van der Waals surface area contributed by atoms with E-state index in [1.54, 1.807) is 0 Å². The van der Waals surface area contributed by atoms with Crippen LogP contribution < -0.4 is 0 Å². The van der Waals surface area contributed by atoms with Crippen molar-refractivity contribution < 1.29 is 4.74 Å². The van der Waals surface area contributed by atoms with Gasteiger partial charge >= 0.3 is 0 Å². The number of rotatable bonds is 3. The molecule has 2 aromatic rings. The van der Waals surface area contributed by atoms with Crippen LogP contribution in [0.4, 0.5) is 0 Å². The number of nitrogens with zero attached hydrogens (tertiary/aromatic N) is 1.